The molecule has 0 bridgehead atoms. The summed E-state index contributed by atoms with van der Waals surface area (Å²) in [4.78, 5) is 52.2. The largest absolute Gasteiger partial charge is 0.481 e. The number of nitrogens with one attached hydrogen (secondary N) is 2. The van der Waals surface area contributed by atoms with Gasteiger partial charge < -0.3 is 26.4 Å². The Balaban J connectivity index is 2.24. The summed E-state index contributed by atoms with van der Waals surface area (Å²) in [6.07, 6.45) is 2.35. The van der Waals surface area contributed by atoms with E-state index in [0.29, 0.717) is 18.5 Å². The molecule has 1 saturated heterocycles. The summed E-state index contributed by atoms with van der Waals surface area (Å²) in [5.41, 5.74) is 5.50. The van der Waals surface area contributed by atoms with E-state index in [4.69, 9.17) is 22.4 Å². The molecule has 0 saturated carbocycles. The number of carboxylic acid groups (broad SMARTS) is 1. The number of rotatable bonds is 9. The second-order valence-corrected chi connectivity index (χ2v) is 12.4. The Labute approximate surface area is 221 Å². The fourth-order valence-corrected chi connectivity index (χ4v) is 4.53. The molecule has 1 aromatic carbocycles. The summed E-state index contributed by atoms with van der Waals surface area (Å²) in [6.45, 7) is 5.58. The summed E-state index contributed by atoms with van der Waals surface area (Å²) in [5.74, 6) is -2.86. The van der Waals surface area contributed by atoms with Crippen molar-refractivity contribution in [1.29, 1.82) is 0 Å². The Morgan fingerprint density at radius 2 is 1.89 bits per heavy atom. The number of nitrogen functional groups attached to an aromatic ring is 1. The van der Waals surface area contributed by atoms with Gasteiger partial charge in [-0.1, -0.05) is 38.4 Å². The Kier molecular flexibility index (Phi) is 9.72. The van der Waals surface area contributed by atoms with Gasteiger partial charge in [0.1, 0.15) is 12.1 Å². The lowest BCUT2D eigenvalue weighted by Gasteiger charge is -2.35. The first-order chi connectivity index (χ1) is 17.0. The van der Waals surface area contributed by atoms with E-state index in [1.807, 2.05) is 0 Å². The molecule has 3 atom stereocenters. The van der Waals surface area contributed by atoms with E-state index in [2.05, 4.69) is 10.6 Å². The molecule has 11 nitrogen and oxygen atoms in total. The molecule has 0 radical (unpaired) electrons. The fourth-order valence-electron chi connectivity index (χ4n) is 3.87. The zero-order valence-electron chi connectivity index (χ0n) is 21.2. The predicted molar refractivity (Wildman–Crippen MR) is 139 cm³/mol. The molecule has 0 spiro atoms. The van der Waals surface area contributed by atoms with Gasteiger partial charge in [-0.05, 0) is 36.5 Å². The third kappa shape index (κ3) is 8.74. The molecule has 37 heavy (non-hydrogen) atoms. The second-order valence-electron chi connectivity index (χ2n) is 10.1. The number of carbonyl (C=O) groups excluding carboxylic acids is 3. The van der Waals surface area contributed by atoms with Crippen molar-refractivity contribution in [3.63, 3.8) is 0 Å². The van der Waals surface area contributed by atoms with Crippen LogP contribution in [0.5, 0.6) is 0 Å². The molecular weight excluding hydrogens is 524 g/mol. The normalized spacial score (nSPS) is 17.9. The van der Waals surface area contributed by atoms with Crippen LogP contribution in [0.3, 0.4) is 0 Å². The van der Waals surface area contributed by atoms with Crippen molar-refractivity contribution >= 4 is 50.8 Å². The van der Waals surface area contributed by atoms with Crippen LogP contribution in [0, 0.1) is 5.41 Å². The van der Waals surface area contributed by atoms with Crippen LogP contribution >= 0.6 is 11.6 Å². The number of likely N-dealkylation sites (tertiary alicyclic amines) is 1. The van der Waals surface area contributed by atoms with Gasteiger partial charge >= 0.3 is 5.97 Å². The number of aliphatic carboxylic acids is 1. The molecule has 3 amide bonds. The minimum Gasteiger partial charge on any atom is -0.481 e. The number of nitrogens with zero attached hydrogens (tertiary/aromatic N) is 1. The van der Waals surface area contributed by atoms with Crippen LogP contribution in [-0.4, -0.2) is 73.0 Å². The van der Waals surface area contributed by atoms with Crippen LogP contribution in [0.4, 0.5) is 5.69 Å². The average Bonchev–Trinajstić information content (AvgIpc) is 3.25. The number of amides is 3. The fraction of sp³-hybridized carbons (Fsp3) is 0.500. The summed E-state index contributed by atoms with van der Waals surface area (Å²) < 4.78 is 22.9. The summed E-state index contributed by atoms with van der Waals surface area (Å²) >= 11 is 6.03. The van der Waals surface area contributed by atoms with Crippen LogP contribution in [0.25, 0.3) is 0 Å². The quantitative estimate of drug-likeness (QED) is 0.331. The molecule has 1 heterocycles. The van der Waals surface area contributed by atoms with Crippen molar-refractivity contribution in [2.45, 2.75) is 58.2 Å². The van der Waals surface area contributed by atoms with Gasteiger partial charge in [0.05, 0.1) is 23.2 Å². The zero-order valence-corrected chi connectivity index (χ0v) is 22.7. The number of carboxylic acids is 1. The monoisotopic (exact) mass is 556 g/mol. The molecule has 0 aromatic heterocycles. The number of hydrogen-bond acceptors (Lipinski definition) is 7. The minimum atomic E-state index is -3.55. The standard InChI is InChI=1S/C24H33ClN4O7S/c1-24(2,3)20(28-21(32)14-7-8-17(26)16(25)12-14)23(34)29-10-5-6-18(29)22(33)27-15(13-19(30)31)9-11-37(4,35)36/h7-9,11-12,15,18,20H,5-6,10,13,26H2,1-4H3,(H,27,33)(H,28,32)(H,30,31)/b11-9+/t15-,18-,20?/m1/s1. The maximum absolute atomic E-state index is 13.6. The van der Waals surface area contributed by atoms with E-state index >= 15 is 0 Å². The Bertz CT molecular complexity index is 1190. The second kappa shape index (κ2) is 12.0. The average molecular weight is 557 g/mol. The number of benzene rings is 1. The molecule has 1 aromatic rings. The van der Waals surface area contributed by atoms with Crippen LogP contribution < -0.4 is 16.4 Å². The molecule has 204 valence electrons. The first-order valence-electron chi connectivity index (χ1n) is 11.6. The van der Waals surface area contributed by atoms with Crippen molar-refractivity contribution in [2.75, 3.05) is 18.5 Å². The third-order valence-electron chi connectivity index (χ3n) is 5.77. The number of hydrogen-bond donors (Lipinski definition) is 4. The van der Waals surface area contributed by atoms with Gasteiger partial charge in [-0.25, -0.2) is 8.42 Å². The van der Waals surface area contributed by atoms with Crippen LogP contribution in [0.2, 0.25) is 5.02 Å². The number of sulfone groups is 1. The van der Waals surface area contributed by atoms with Crippen molar-refractivity contribution in [1.82, 2.24) is 15.5 Å². The highest BCUT2D eigenvalue weighted by atomic mass is 35.5. The van der Waals surface area contributed by atoms with Crippen molar-refractivity contribution in [3.05, 3.63) is 40.3 Å². The highest BCUT2D eigenvalue weighted by molar-refractivity contribution is 7.93. The van der Waals surface area contributed by atoms with Crippen molar-refractivity contribution in [2.24, 2.45) is 5.41 Å². The van der Waals surface area contributed by atoms with E-state index in [9.17, 15) is 27.6 Å². The maximum atomic E-state index is 13.6. The lowest BCUT2D eigenvalue weighted by Crippen LogP contribution is -2.58. The topological polar surface area (TPSA) is 176 Å². The minimum absolute atomic E-state index is 0.198. The molecular formula is C24H33ClN4O7S. The first kappa shape index (κ1) is 30.1. The number of halogens is 1. The summed E-state index contributed by atoms with van der Waals surface area (Å²) in [5, 5.41) is 15.4. The summed E-state index contributed by atoms with van der Waals surface area (Å²) in [6, 6.07) is 1.37. The molecule has 1 aliphatic rings. The Hall–Kier alpha value is -3.12. The van der Waals surface area contributed by atoms with Gasteiger partial charge in [-0.15, -0.1) is 0 Å². The molecule has 2 rings (SSSR count). The van der Waals surface area contributed by atoms with Gasteiger partial charge in [0.2, 0.25) is 11.8 Å². The number of nitrogens with two attached hydrogens (primary N) is 1. The molecule has 0 aliphatic carbocycles. The van der Waals surface area contributed by atoms with E-state index in [1.165, 1.54) is 23.1 Å². The predicted octanol–water partition coefficient (Wildman–Crippen LogP) is 1.58. The molecule has 13 heteroatoms. The SMILES string of the molecule is CC(C)(C)C(NC(=O)c1ccc(N)c(Cl)c1)C(=O)N1CCC[C@@H]1C(=O)N[C@H](/C=C/S(C)(=O)=O)CC(=O)O. The molecule has 5 N–H and O–H groups in total. The van der Waals surface area contributed by atoms with Crippen molar-refractivity contribution < 1.29 is 32.7 Å². The zero-order chi connectivity index (χ0) is 28.1. The van der Waals surface area contributed by atoms with Gasteiger partial charge in [-0.2, -0.15) is 0 Å². The summed E-state index contributed by atoms with van der Waals surface area (Å²) in [7, 11) is -3.55. The highest BCUT2D eigenvalue weighted by Crippen LogP contribution is 2.27. The van der Waals surface area contributed by atoms with E-state index in [-0.39, 0.29) is 17.1 Å². The first-order valence-corrected chi connectivity index (χ1v) is 13.9. The van der Waals surface area contributed by atoms with Crippen LogP contribution in [0.1, 0.15) is 50.4 Å². The van der Waals surface area contributed by atoms with E-state index in [0.717, 1.165) is 17.7 Å². The Morgan fingerprint density at radius 3 is 2.43 bits per heavy atom. The van der Waals surface area contributed by atoms with E-state index in [1.54, 1.807) is 20.8 Å². The van der Waals surface area contributed by atoms with Gasteiger partial charge in [0, 0.05) is 23.8 Å². The van der Waals surface area contributed by atoms with Crippen LogP contribution in [0.15, 0.2) is 29.7 Å². The van der Waals surface area contributed by atoms with Crippen LogP contribution in [-0.2, 0) is 24.2 Å². The lowest BCUT2D eigenvalue weighted by molar-refractivity contribution is -0.142. The van der Waals surface area contributed by atoms with E-state index < -0.39 is 63.5 Å². The number of anilines is 1. The third-order valence-corrected chi connectivity index (χ3v) is 6.75. The number of carbonyl (C=O) groups is 4. The lowest BCUT2D eigenvalue weighted by atomic mass is 9.85. The van der Waals surface area contributed by atoms with Gasteiger partial charge in [0.25, 0.3) is 5.91 Å². The molecule has 1 aliphatic heterocycles. The van der Waals surface area contributed by atoms with Gasteiger partial charge in [-0.3, -0.25) is 19.2 Å². The highest BCUT2D eigenvalue weighted by Gasteiger charge is 2.42. The Morgan fingerprint density at radius 1 is 1.24 bits per heavy atom. The maximum Gasteiger partial charge on any atom is 0.305 e. The molecule has 1 unspecified atom stereocenters. The van der Waals surface area contributed by atoms with Gasteiger partial charge in [0.15, 0.2) is 9.84 Å². The van der Waals surface area contributed by atoms with Crippen molar-refractivity contribution in [3.8, 4) is 0 Å². The molecule has 1 fully saturated rings. The smallest absolute Gasteiger partial charge is 0.305 e.